The van der Waals surface area contributed by atoms with Crippen LogP contribution in [0.2, 0.25) is 0 Å². The van der Waals surface area contributed by atoms with E-state index in [2.05, 4.69) is 43.5 Å². The highest BCUT2D eigenvalue weighted by Gasteiger charge is 2.26. The van der Waals surface area contributed by atoms with Crippen molar-refractivity contribution in [3.8, 4) is 5.69 Å². The molecule has 0 radical (unpaired) electrons. The number of benzene rings is 2. The van der Waals surface area contributed by atoms with Crippen LogP contribution in [0.25, 0.3) is 16.6 Å². The fourth-order valence-corrected chi connectivity index (χ4v) is 5.42. The zero-order chi connectivity index (χ0) is 23.1. The molecule has 3 N–H and O–H groups in total. The molecular formula is C26H28N6O2. The Hall–Kier alpha value is -3.49. The molecule has 6 rings (SSSR count). The molecule has 1 saturated heterocycles. The second kappa shape index (κ2) is 8.70. The molecular weight excluding hydrogens is 428 g/mol. The van der Waals surface area contributed by atoms with Crippen LogP contribution in [0.5, 0.6) is 0 Å². The van der Waals surface area contributed by atoms with Crippen molar-refractivity contribution < 1.29 is 0 Å². The van der Waals surface area contributed by atoms with Crippen LogP contribution in [-0.2, 0) is 19.5 Å². The van der Waals surface area contributed by atoms with Gasteiger partial charge in [0.2, 0.25) is 5.56 Å². The Kier molecular flexibility index (Phi) is 5.39. The summed E-state index contributed by atoms with van der Waals surface area (Å²) >= 11 is 0. The fraction of sp³-hybridized carbons (Fsp3) is 0.346. The van der Waals surface area contributed by atoms with E-state index in [4.69, 9.17) is 0 Å². The van der Waals surface area contributed by atoms with Crippen LogP contribution in [0.1, 0.15) is 41.3 Å². The molecule has 2 aromatic carbocycles. The maximum absolute atomic E-state index is 12.9. The SMILES string of the molecule is O=c1ccc2cccc(-n3nc(C4CCCN(Cc5cccc6c5CNCC6)C4)[nH]c3=O)c2[nH]1. The lowest BCUT2D eigenvalue weighted by Crippen LogP contribution is -2.35. The van der Waals surface area contributed by atoms with Crippen molar-refractivity contribution in [1.29, 1.82) is 0 Å². The number of para-hydroxylation sites is 1. The summed E-state index contributed by atoms with van der Waals surface area (Å²) in [5.74, 6) is 0.871. The number of hydrogen-bond acceptors (Lipinski definition) is 5. The third kappa shape index (κ3) is 3.89. The lowest BCUT2D eigenvalue weighted by Gasteiger charge is -2.32. The van der Waals surface area contributed by atoms with E-state index in [1.54, 1.807) is 6.07 Å². The number of likely N-dealkylation sites (tertiary alicyclic amines) is 1. The Morgan fingerprint density at radius 1 is 1.03 bits per heavy atom. The van der Waals surface area contributed by atoms with E-state index in [1.807, 2.05) is 18.2 Å². The predicted octanol–water partition coefficient (Wildman–Crippen LogP) is 2.43. The highest BCUT2D eigenvalue weighted by molar-refractivity contribution is 5.85. The zero-order valence-electron chi connectivity index (χ0n) is 19.0. The summed E-state index contributed by atoms with van der Waals surface area (Å²) < 4.78 is 1.38. The number of aromatic nitrogens is 4. The van der Waals surface area contributed by atoms with Gasteiger partial charge in [-0.25, -0.2) is 4.79 Å². The molecule has 1 fully saturated rings. The number of rotatable bonds is 4. The van der Waals surface area contributed by atoms with Crippen LogP contribution in [-0.4, -0.2) is 44.3 Å². The van der Waals surface area contributed by atoms with Crippen molar-refractivity contribution in [3.63, 3.8) is 0 Å². The molecule has 0 aliphatic carbocycles. The van der Waals surface area contributed by atoms with E-state index in [1.165, 1.54) is 27.4 Å². The van der Waals surface area contributed by atoms with E-state index < -0.39 is 0 Å². The molecule has 2 aliphatic rings. The molecule has 0 saturated carbocycles. The maximum atomic E-state index is 12.9. The van der Waals surface area contributed by atoms with E-state index in [9.17, 15) is 9.59 Å². The van der Waals surface area contributed by atoms with Crippen LogP contribution in [0, 0.1) is 0 Å². The molecule has 2 aliphatic heterocycles. The average molecular weight is 457 g/mol. The molecule has 4 aromatic rings. The first-order valence-electron chi connectivity index (χ1n) is 12.0. The first-order chi connectivity index (χ1) is 16.7. The van der Waals surface area contributed by atoms with Crippen molar-refractivity contribution in [1.82, 2.24) is 30.0 Å². The number of fused-ring (bicyclic) bond motifs is 2. The Balaban J connectivity index is 1.27. The van der Waals surface area contributed by atoms with Crippen molar-refractivity contribution in [2.45, 2.75) is 38.3 Å². The van der Waals surface area contributed by atoms with Gasteiger partial charge in [-0.15, -0.1) is 5.10 Å². The van der Waals surface area contributed by atoms with Gasteiger partial charge in [-0.3, -0.25) is 14.7 Å². The topological polar surface area (TPSA) is 98.8 Å². The van der Waals surface area contributed by atoms with Crippen molar-refractivity contribution in [3.05, 3.63) is 91.9 Å². The summed E-state index contributed by atoms with van der Waals surface area (Å²) in [5, 5.41) is 9.05. The largest absolute Gasteiger partial charge is 0.348 e. The number of pyridine rings is 1. The number of nitrogens with zero attached hydrogens (tertiary/aromatic N) is 3. The molecule has 4 heterocycles. The first kappa shape index (κ1) is 21.1. The normalized spacial score (nSPS) is 18.8. The summed E-state index contributed by atoms with van der Waals surface area (Å²) in [6.45, 7) is 4.80. The Labute approximate surface area is 196 Å². The zero-order valence-corrected chi connectivity index (χ0v) is 19.0. The van der Waals surface area contributed by atoms with E-state index in [0.717, 1.165) is 57.4 Å². The number of nitrogens with one attached hydrogen (secondary N) is 3. The molecule has 1 unspecified atom stereocenters. The predicted molar refractivity (Wildman–Crippen MR) is 131 cm³/mol. The summed E-state index contributed by atoms with van der Waals surface area (Å²) in [6.07, 6.45) is 3.14. The molecule has 1 atom stereocenters. The van der Waals surface area contributed by atoms with Gasteiger partial charge in [-0.1, -0.05) is 30.3 Å². The van der Waals surface area contributed by atoms with E-state index in [-0.39, 0.29) is 17.2 Å². The minimum Gasteiger partial charge on any atom is -0.320 e. The molecule has 174 valence electrons. The van der Waals surface area contributed by atoms with Gasteiger partial charge >= 0.3 is 5.69 Å². The molecule has 0 spiro atoms. The van der Waals surface area contributed by atoms with Gasteiger partial charge in [0, 0.05) is 37.0 Å². The average Bonchev–Trinajstić information content (AvgIpc) is 3.25. The highest BCUT2D eigenvalue weighted by atomic mass is 16.2. The quantitative estimate of drug-likeness (QED) is 0.438. The van der Waals surface area contributed by atoms with Crippen LogP contribution >= 0.6 is 0 Å². The van der Waals surface area contributed by atoms with Gasteiger partial charge in [0.05, 0.1) is 11.2 Å². The van der Waals surface area contributed by atoms with Gasteiger partial charge in [-0.05, 0) is 61.2 Å². The van der Waals surface area contributed by atoms with Crippen LogP contribution in [0.15, 0.2) is 58.1 Å². The number of piperidine rings is 1. The van der Waals surface area contributed by atoms with Crippen LogP contribution in [0.3, 0.4) is 0 Å². The molecule has 8 nitrogen and oxygen atoms in total. The summed E-state index contributed by atoms with van der Waals surface area (Å²) in [6, 6.07) is 15.5. The molecule has 2 aromatic heterocycles. The lowest BCUT2D eigenvalue weighted by atomic mass is 9.93. The molecule has 34 heavy (non-hydrogen) atoms. The maximum Gasteiger partial charge on any atom is 0.348 e. The van der Waals surface area contributed by atoms with E-state index in [0.29, 0.717) is 17.0 Å². The van der Waals surface area contributed by atoms with Crippen LogP contribution < -0.4 is 16.6 Å². The number of H-pyrrole nitrogens is 2. The smallest absolute Gasteiger partial charge is 0.320 e. The van der Waals surface area contributed by atoms with Crippen molar-refractivity contribution in [2.24, 2.45) is 0 Å². The summed E-state index contributed by atoms with van der Waals surface area (Å²) in [5.41, 5.74) is 5.00. The molecule has 0 amide bonds. The van der Waals surface area contributed by atoms with Crippen molar-refractivity contribution in [2.75, 3.05) is 19.6 Å². The molecule has 0 bridgehead atoms. The van der Waals surface area contributed by atoms with Gasteiger partial charge < -0.3 is 10.3 Å². The fourth-order valence-electron chi connectivity index (χ4n) is 5.42. The van der Waals surface area contributed by atoms with Crippen molar-refractivity contribution >= 4 is 10.9 Å². The second-order valence-electron chi connectivity index (χ2n) is 9.35. The lowest BCUT2D eigenvalue weighted by molar-refractivity contribution is 0.196. The van der Waals surface area contributed by atoms with Gasteiger partial charge in [0.15, 0.2) is 0 Å². The van der Waals surface area contributed by atoms with Gasteiger partial charge in [0.1, 0.15) is 5.82 Å². The second-order valence-corrected chi connectivity index (χ2v) is 9.35. The van der Waals surface area contributed by atoms with Gasteiger partial charge in [0.25, 0.3) is 0 Å². The number of aromatic amines is 2. The monoisotopic (exact) mass is 456 g/mol. The third-order valence-electron chi connectivity index (χ3n) is 7.13. The highest BCUT2D eigenvalue weighted by Crippen LogP contribution is 2.27. The Morgan fingerprint density at radius 3 is 2.88 bits per heavy atom. The standard InChI is InChI=1S/C26H28N6O2/c33-23-10-9-18-5-2-8-22(24(18)28-23)32-26(34)29-25(30-32)20-7-3-13-31(16-20)15-19-6-1-4-17-11-12-27-14-21(17)19/h1-2,4-6,8-10,20,27H,3,7,11-16H2,(H,28,33)(H,29,30,34). The van der Waals surface area contributed by atoms with Gasteiger partial charge in [-0.2, -0.15) is 4.68 Å². The minimum absolute atomic E-state index is 0.161. The Bertz CT molecular complexity index is 1470. The van der Waals surface area contributed by atoms with E-state index >= 15 is 0 Å². The van der Waals surface area contributed by atoms with Crippen LogP contribution in [0.4, 0.5) is 0 Å². The molecule has 8 heteroatoms. The summed E-state index contributed by atoms with van der Waals surface area (Å²) in [4.78, 5) is 33.1. The number of hydrogen-bond donors (Lipinski definition) is 3. The first-order valence-corrected chi connectivity index (χ1v) is 12.0. The Morgan fingerprint density at radius 2 is 1.94 bits per heavy atom. The third-order valence-corrected chi connectivity index (χ3v) is 7.13. The summed E-state index contributed by atoms with van der Waals surface area (Å²) in [7, 11) is 0. The minimum atomic E-state index is -0.285.